The van der Waals surface area contributed by atoms with Gasteiger partial charge in [-0.1, -0.05) is 0 Å². The lowest BCUT2D eigenvalue weighted by Crippen LogP contribution is -2.14. The number of nitrogens with one attached hydrogen (secondary N) is 1. The molecule has 1 saturated carbocycles. The van der Waals surface area contributed by atoms with Crippen molar-refractivity contribution in [2.24, 2.45) is 5.92 Å². The van der Waals surface area contributed by atoms with E-state index in [0.717, 1.165) is 25.3 Å². The first kappa shape index (κ1) is 12.1. The number of rotatable bonds is 3. The van der Waals surface area contributed by atoms with Crippen molar-refractivity contribution in [2.75, 3.05) is 17.6 Å². The zero-order valence-electron chi connectivity index (χ0n) is 9.42. The molecule has 17 heavy (non-hydrogen) atoms. The molecule has 0 spiro atoms. The second-order valence-electron chi connectivity index (χ2n) is 4.56. The van der Waals surface area contributed by atoms with E-state index in [4.69, 9.17) is 5.73 Å². The molecule has 0 bridgehead atoms. The fourth-order valence-corrected chi connectivity index (χ4v) is 2.22. The van der Waals surface area contributed by atoms with Crippen LogP contribution in [0, 0.1) is 17.6 Å². The molecule has 0 aliphatic heterocycles. The Balaban J connectivity index is 1.99. The van der Waals surface area contributed by atoms with Crippen molar-refractivity contribution in [3.05, 3.63) is 23.8 Å². The average Bonchev–Trinajstić information content (AvgIpc) is 2.67. The molecule has 1 aliphatic rings. The van der Waals surface area contributed by atoms with Crippen molar-refractivity contribution >= 4 is 11.4 Å². The maximum absolute atomic E-state index is 13.2. The van der Waals surface area contributed by atoms with Gasteiger partial charge in [0.25, 0.3) is 0 Å². The van der Waals surface area contributed by atoms with Crippen molar-refractivity contribution in [1.82, 2.24) is 0 Å². The number of anilines is 2. The molecule has 1 aliphatic carbocycles. The summed E-state index contributed by atoms with van der Waals surface area (Å²) in [4.78, 5) is 0. The number of benzene rings is 1. The van der Waals surface area contributed by atoms with Gasteiger partial charge in [0.15, 0.2) is 5.82 Å². The number of hydrogen-bond donors (Lipinski definition) is 3. The smallest absolute Gasteiger partial charge is 0.151 e. The van der Waals surface area contributed by atoms with Crippen LogP contribution in [0.2, 0.25) is 0 Å². The molecular weight excluding hydrogens is 226 g/mol. The van der Waals surface area contributed by atoms with E-state index in [9.17, 15) is 13.9 Å². The van der Waals surface area contributed by atoms with Gasteiger partial charge in [-0.3, -0.25) is 0 Å². The van der Waals surface area contributed by atoms with Crippen LogP contribution in [-0.4, -0.2) is 17.8 Å². The van der Waals surface area contributed by atoms with Gasteiger partial charge in [0.2, 0.25) is 0 Å². The highest BCUT2D eigenvalue weighted by atomic mass is 19.1. The fraction of sp³-hybridized carbons (Fsp3) is 0.500. The zero-order chi connectivity index (χ0) is 12.4. The van der Waals surface area contributed by atoms with E-state index in [1.54, 1.807) is 0 Å². The Morgan fingerprint density at radius 1 is 1.35 bits per heavy atom. The molecule has 2 unspecified atom stereocenters. The van der Waals surface area contributed by atoms with Gasteiger partial charge in [0.1, 0.15) is 5.82 Å². The van der Waals surface area contributed by atoms with Gasteiger partial charge in [-0.15, -0.1) is 0 Å². The minimum Gasteiger partial charge on any atom is -0.395 e. The number of hydrogen-bond acceptors (Lipinski definition) is 3. The Kier molecular flexibility index (Phi) is 3.47. The van der Waals surface area contributed by atoms with E-state index >= 15 is 0 Å². The van der Waals surface area contributed by atoms with Gasteiger partial charge in [0.05, 0.1) is 17.5 Å². The largest absolute Gasteiger partial charge is 0.395 e. The third-order valence-electron chi connectivity index (χ3n) is 3.19. The second kappa shape index (κ2) is 4.87. The SMILES string of the molecule is Nc1c(F)cc(F)cc1NCC1CCC(O)C1. The summed E-state index contributed by atoms with van der Waals surface area (Å²) in [7, 11) is 0. The molecule has 0 amide bonds. The van der Waals surface area contributed by atoms with Gasteiger partial charge in [0, 0.05) is 12.6 Å². The number of halogens is 2. The lowest BCUT2D eigenvalue weighted by Gasteiger charge is -2.14. The predicted octanol–water partition coefficient (Wildman–Crippen LogP) is 2.12. The number of aliphatic hydroxyl groups is 1. The Morgan fingerprint density at radius 3 is 2.76 bits per heavy atom. The Hall–Kier alpha value is -1.36. The summed E-state index contributed by atoms with van der Waals surface area (Å²) in [6.45, 7) is 0.574. The maximum Gasteiger partial charge on any atom is 0.151 e. The van der Waals surface area contributed by atoms with E-state index in [-0.39, 0.29) is 17.5 Å². The molecule has 0 heterocycles. The molecule has 1 fully saturated rings. The zero-order valence-corrected chi connectivity index (χ0v) is 9.42. The molecule has 0 aromatic heterocycles. The monoisotopic (exact) mass is 242 g/mol. The fourth-order valence-electron chi connectivity index (χ4n) is 2.22. The van der Waals surface area contributed by atoms with E-state index in [1.165, 1.54) is 6.07 Å². The van der Waals surface area contributed by atoms with Crippen LogP contribution >= 0.6 is 0 Å². The summed E-state index contributed by atoms with van der Waals surface area (Å²) >= 11 is 0. The first-order chi connectivity index (χ1) is 8.06. The quantitative estimate of drug-likeness (QED) is 0.711. The average molecular weight is 242 g/mol. The van der Waals surface area contributed by atoms with Crippen molar-refractivity contribution in [2.45, 2.75) is 25.4 Å². The van der Waals surface area contributed by atoms with Gasteiger partial charge in [-0.2, -0.15) is 0 Å². The molecule has 5 heteroatoms. The van der Waals surface area contributed by atoms with Crippen molar-refractivity contribution in [3.63, 3.8) is 0 Å². The topological polar surface area (TPSA) is 58.3 Å². The van der Waals surface area contributed by atoms with Gasteiger partial charge in [-0.25, -0.2) is 8.78 Å². The summed E-state index contributed by atoms with van der Waals surface area (Å²) in [6.07, 6.45) is 2.19. The summed E-state index contributed by atoms with van der Waals surface area (Å²) < 4.78 is 26.2. The van der Waals surface area contributed by atoms with Crippen LogP contribution in [0.1, 0.15) is 19.3 Å². The summed E-state index contributed by atoms with van der Waals surface area (Å²) in [5.41, 5.74) is 5.73. The molecule has 4 N–H and O–H groups in total. The summed E-state index contributed by atoms with van der Waals surface area (Å²) in [5, 5.41) is 12.3. The van der Waals surface area contributed by atoms with Gasteiger partial charge in [-0.05, 0) is 31.2 Å². The Morgan fingerprint density at radius 2 is 2.12 bits per heavy atom. The van der Waals surface area contributed by atoms with Crippen LogP contribution in [0.5, 0.6) is 0 Å². The minimum atomic E-state index is -0.751. The van der Waals surface area contributed by atoms with Crippen LogP contribution in [0.3, 0.4) is 0 Å². The lowest BCUT2D eigenvalue weighted by atomic mass is 10.1. The standard InChI is InChI=1S/C12H16F2N2O/c13-8-4-10(14)12(15)11(5-8)16-6-7-1-2-9(17)3-7/h4-5,7,9,16-17H,1-3,6,15H2. The molecule has 0 saturated heterocycles. The van der Waals surface area contributed by atoms with Crippen LogP contribution in [0.15, 0.2) is 12.1 Å². The van der Waals surface area contributed by atoms with E-state index in [2.05, 4.69) is 5.32 Å². The first-order valence-electron chi connectivity index (χ1n) is 5.72. The van der Waals surface area contributed by atoms with Crippen LogP contribution in [0.4, 0.5) is 20.2 Å². The predicted molar refractivity (Wildman–Crippen MR) is 62.6 cm³/mol. The minimum absolute atomic E-state index is 0.0649. The highest BCUT2D eigenvalue weighted by Gasteiger charge is 2.22. The van der Waals surface area contributed by atoms with Crippen molar-refractivity contribution < 1.29 is 13.9 Å². The Bertz CT molecular complexity index is 412. The third-order valence-corrected chi connectivity index (χ3v) is 3.19. The van der Waals surface area contributed by atoms with E-state index in [1.807, 2.05) is 0 Å². The Labute approximate surface area is 98.6 Å². The maximum atomic E-state index is 13.2. The lowest BCUT2D eigenvalue weighted by molar-refractivity contribution is 0.178. The molecule has 3 nitrogen and oxygen atoms in total. The number of nitrogens with two attached hydrogens (primary N) is 1. The highest BCUT2D eigenvalue weighted by Crippen LogP contribution is 2.28. The molecule has 1 aromatic carbocycles. The molecule has 1 aromatic rings. The first-order valence-corrected chi connectivity index (χ1v) is 5.72. The van der Waals surface area contributed by atoms with E-state index < -0.39 is 11.6 Å². The molecular formula is C12H16F2N2O. The van der Waals surface area contributed by atoms with Crippen molar-refractivity contribution in [3.8, 4) is 0 Å². The normalized spacial score (nSPS) is 23.9. The molecule has 94 valence electrons. The third kappa shape index (κ3) is 2.85. The highest BCUT2D eigenvalue weighted by molar-refractivity contribution is 5.66. The molecule has 2 rings (SSSR count). The molecule has 2 atom stereocenters. The van der Waals surface area contributed by atoms with E-state index in [0.29, 0.717) is 12.5 Å². The van der Waals surface area contributed by atoms with Gasteiger partial charge < -0.3 is 16.2 Å². The molecule has 0 radical (unpaired) electrons. The number of nitrogen functional groups attached to an aromatic ring is 1. The van der Waals surface area contributed by atoms with Gasteiger partial charge >= 0.3 is 0 Å². The van der Waals surface area contributed by atoms with Crippen molar-refractivity contribution in [1.29, 1.82) is 0 Å². The number of aliphatic hydroxyl groups excluding tert-OH is 1. The summed E-state index contributed by atoms with van der Waals surface area (Å²) in [5.74, 6) is -1.07. The second-order valence-corrected chi connectivity index (χ2v) is 4.56. The van der Waals surface area contributed by atoms with Crippen LogP contribution < -0.4 is 11.1 Å². The summed E-state index contributed by atoms with van der Waals surface area (Å²) in [6, 6.07) is 1.95. The van der Waals surface area contributed by atoms with Crippen LogP contribution in [0.25, 0.3) is 0 Å². The van der Waals surface area contributed by atoms with Crippen LogP contribution in [-0.2, 0) is 0 Å².